The molecule has 2 aliphatic rings. The van der Waals surface area contributed by atoms with Crippen molar-refractivity contribution >= 4 is 23.5 Å². The van der Waals surface area contributed by atoms with E-state index in [2.05, 4.69) is 93.8 Å². The summed E-state index contributed by atoms with van der Waals surface area (Å²) < 4.78 is 0. The van der Waals surface area contributed by atoms with E-state index < -0.39 is 0 Å². The van der Waals surface area contributed by atoms with Gasteiger partial charge in [0.15, 0.2) is 0 Å². The molecule has 0 spiro atoms. The van der Waals surface area contributed by atoms with E-state index >= 15 is 0 Å². The average molecular weight is 333 g/mol. The van der Waals surface area contributed by atoms with Crippen LogP contribution < -0.4 is 0 Å². The predicted octanol–water partition coefficient (Wildman–Crippen LogP) is 7.32. The fourth-order valence-electron chi connectivity index (χ4n) is 3.07. The van der Waals surface area contributed by atoms with Gasteiger partial charge in [-0.3, -0.25) is 0 Å². The van der Waals surface area contributed by atoms with E-state index in [1.807, 2.05) is 0 Å². The molecule has 24 heavy (non-hydrogen) atoms. The molecule has 0 amide bonds. The third kappa shape index (κ3) is 3.52. The minimum atomic E-state index is 0.544. The second-order valence-electron chi connectivity index (χ2n) is 6.62. The Morgan fingerprint density at radius 2 is 1.71 bits per heavy atom. The topological polar surface area (TPSA) is 0 Å². The molecule has 0 nitrogen and oxygen atoms in total. The first-order valence-electron chi connectivity index (χ1n) is 8.48. The quantitative estimate of drug-likeness (QED) is 0.439. The average Bonchev–Trinajstić information content (AvgIpc) is 3.11. The standard InChI is InChI=1S/C23H24S/c1-16(2)19-12-11-17(3)23-20(14-18(4)22(23)15-19)8-5-6-9-21-10-7-13-24-21/h5-16H,1-4H3/b8-5+,9-6+. The lowest BCUT2D eigenvalue weighted by atomic mass is 10.0. The number of allylic oxidation sites excluding steroid dienone is 2. The Bertz CT molecular complexity index is 848. The molecule has 0 bridgehead atoms. The Labute approximate surface area is 149 Å². The van der Waals surface area contributed by atoms with Gasteiger partial charge in [-0.2, -0.15) is 0 Å². The summed E-state index contributed by atoms with van der Waals surface area (Å²) in [6.45, 7) is 8.94. The zero-order chi connectivity index (χ0) is 17.1. The van der Waals surface area contributed by atoms with Gasteiger partial charge in [-0.05, 0) is 70.7 Å². The first kappa shape index (κ1) is 16.7. The number of thiophene rings is 1. The first-order chi connectivity index (χ1) is 11.6. The summed E-state index contributed by atoms with van der Waals surface area (Å²) in [6, 6.07) is 13.4. The van der Waals surface area contributed by atoms with Crippen molar-refractivity contribution < 1.29 is 0 Å². The van der Waals surface area contributed by atoms with E-state index in [0.29, 0.717) is 5.92 Å². The summed E-state index contributed by atoms with van der Waals surface area (Å²) in [5.41, 5.74) is 8.15. The second kappa shape index (κ2) is 7.19. The van der Waals surface area contributed by atoms with Crippen LogP contribution in [0.3, 0.4) is 0 Å². The number of hydrogen-bond donors (Lipinski definition) is 0. The molecule has 2 aliphatic carbocycles. The fourth-order valence-corrected chi connectivity index (χ4v) is 3.70. The predicted molar refractivity (Wildman–Crippen MR) is 109 cm³/mol. The van der Waals surface area contributed by atoms with E-state index in [1.54, 1.807) is 11.3 Å². The normalized spacial score (nSPS) is 12.2. The fraction of sp³-hybridized carbons (Fsp3) is 0.217. The molecule has 0 atom stereocenters. The van der Waals surface area contributed by atoms with Gasteiger partial charge >= 0.3 is 0 Å². The van der Waals surface area contributed by atoms with Crippen LogP contribution in [0, 0.1) is 13.8 Å². The van der Waals surface area contributed by atoms with Gasteiger partial charge in [-0.15, -0.1) is 11.3 Å². The minimum Gasteiger partial charge on any atom is -0.144 e. The van der Waals surface area contributed by atoms with Crippen molar-refractivity contribution in [2.24, 2.45) is 0 Å². The summed E-state index contributed by atoms with van der Waals surface area (Å²) >= 11 is 1.76. The molecule has 0 saturated carbocycles. The monoisotopic (exact) mass is 332 g/mol. The highest BCUT2D eigenvalue weighted by Crippen LogP contribution is 2.36. The Balaban J connectivity index is 1.96. The first-order valence-corrected chi connectivity index (χ1v) is 9.36. The van der Waals surface area contributed by atoms with Crippen molar-refractivity contribution in [3.8, 4) is 11.1 Å². The number of hydrogen-bond acceptors (Lipinski definition) is 1. The molecule has 0 saturated heterocycles. The molecule has 0 aromatic carbocycles. The maximum absolute atomic E-state index is 2.36. The SMILES string of the molecule is Cc1cc(/C=C/C=C/c2cccs2)c2c(C)ccc(C(C)C)cc1-2. The summed E-state index contributed by atoms with van der Waals surface area (Å²) in [5, 5.41) is 2.10. The highest BCUT2D eigenvalue weighted by Gasteiger charge is 2.14. The van der Waals surface area contributed by atoms with Crippen LogP contribution in [-0.2, 0) is 0 Å². The van der Waals surface area contributed by atoms with Crippen LogP contribution in [0.2, 0.25) is 0 Å². The van der Waals surface area contributed by atoms with E-state index in [4.69, 9.17) is 0 Å². The van der Waals surface area contributed by atoms with Crippen LogP contribution >= 0.6 is 11.3 Å². The highest BCUT2D eigenvalue weighted by atomic mass is 32.1. The van der Waals surface area contributed by atoms with E-state index in [9.17, 15) is 0 Å². The molecule has 0 N–H and O–H groups in total. The molecule has 1 aromatic rings. The summed E-state index contributed by atoms with van der Waals surface area (Å²) in [7, 11) is 0. The molecule has 1 aromatic heterocycles. The number of fused-ring (bicyclic) bond motifs is 1. The smallest absolute Gasteiger partial charge is 0.0270 e. The van der Waals surface area contributed by atoms with Gasteiger partial charge in [-0.25, -0.2) is 0 Å². The van der Waals surface area contributed by atoms with E-state index in [1.165, 1.54) is 38.3 Å². The number of aryl methyl sites for hydroxylation is 2. The molecule has 0 unspecified atom stereocenters. The maximum atomic E-state index is 2.36. The van der Waals surface area contributed by atoms with Crippen LogP contribution in [0.25, 0.3) is 23.3 Å². The number of rotatable bonds is 4. The van der Waals surface area contributed by atoms with Crippen molar-refractivity contribution in [3.05, 3.63) is 81.1 Å². The van der Waals surface area contributed by atoms with Gasteiger partial charge < -0.3 is 0 Å². The Hall–Kier alpha value is -2.12. The Kier molecular flexibility index (Phi) is 5.01. The lowest BCUT2D eigenvalue weighted by molar-refractivity contribution is 0.868. The Morgan fingerprint density at radius 3 is 2.42 bits per heavy atom. The van der Waals surface area contributed by atoms with Gasteiger partial charge in [0.1, 0.15) is 0 Å². The van der Waals surface area contributed by atoms with Gasteiger partial charge in [0.05, 0.1) is 0 Å². The van der Waals surface area contributed by atoms with Crippen LogP contribution in [0.1, 0.15) is 46.9 Å². The molecule has 1 heterocycles. The van der Waals surface area contributed by atoms with Crippen LogP contribution in [0.4, 0.5) is 0 Å². The van der Waals surface area contributed by atoms with Crippen molar-refractivity contribution in [1.29, 1.82) is 0 Å². The largest absolute Gasteiger partial charge is 0.144 e. The van der Waals surface area contributed by atoms with Gasteiger partial charge in [0, 0.05) is 4.88 Å². The van der Waals surface area contributed by atoms with Crippen LogP contribution in [0.15, 0.2) is 53.9 Å². The Morgan fingerprint density at radius 1 is 0.917 bits per heavy atom. The summed E-state index contributed by atoms with van der Waals surface area (Å²) in [4.78, 5) is 1.28. The molecule has 122 valence electrons. The van der Waals surface area contributed by atoms with Gasteiger partial charge in [0.2, 0.25) is 0 Å². The van der Waals surface area contributed by atoms with Crippen molar-refractivity contribution in [2.75, 3.05) is 0 Å². The molecule has 3 rings (SSSR count). The molecule has 0 fully saturated rings. The zero-order valence-electron chi connectivity index (χ0n) is 14.8. The highest BCUT2D eigenvalue weighted by molar-refractivity contribution is 7.10. The van der Waals surface area contributed by atoms with Crippen LogP contribution in [0.5, 0.6) is 0 Å². The molecule has 0 aliphatic heterocycles. The van der Waals surface area contributed by atoms with Crippen molar-refractivity contribution in [3.63, 3.8) is 0 Å². The van der Waals surface area contributed by atoms with Gasteiger partial charge in [-0.1, -0.05) is 62.4 Å². The minimum absolute atomic E-state index is 0.544. The molecular weight excluding hydrogens is 308 g/mol. The summed E-state index contributed by atoms with van der Waals surface area (Å²) in [6.07, 6.45) is 8.64. The van der Waals surface area contributed by atoms with Crippen molar-refractivity contribution in [2.45, 2.75) is 33.6 Å². The van der Waals surface area contributed by atoms with Crippen molar-refractivity contribution in [1.82, 2.24) is 0 Å². The second-order valence-corrected chi connectivity index (χ2v) is 7.60. The van der Waals surface area contributed by atoms with Gasteiger partial charge in [0.25, 0.3) is 0 Å². The van der Waals surface area contributed by atoms with E-state index in [0.717, 1.165) is 0 Å². The lowest BCUT2D eigenvalue weighted by Crippen LogP contribution is -1.84. The third-order valence-corrected chi connectivity index (χ3v) is 5.28. The lowest BCUT2D eigenvalue weighted by Gasteiger charge is -2.04. The molecule has 0 radical (unpaired) electrons. The maximum Gasteiger partial charge on any atom is 0.0270 e. The zero-order valence-corrected chi connectivity index (χ0v) is 15.7. The van der Waals surface area contributed by atoms with Crippen LogP contribution in [-0.4, -0.2) is 0 Å². The third-order valence-electron chi connectivity index (χ3n) is 4.44. The molecular formula is C23H24S. The van der Waals surface area contributed by atoms with E-state index in [-0.39, 0.29) is 0 Å². The molecule has 1 heteroatoms. The summed E-state index contributed by atoms with van der Waals surface area (Å²) in [5.74, 6) is 0.544.